The van der Waals surface area contributed by atoms with E-state index in [9.17, 15) is 17.6 Å². The van der Waals surface area contributed by atoms with Crippen LogP contribution in [-0.2, 0) is 21.2 Å². The normalized spacial score (nSPS) is 12.2. The number of hydrogen-bond donors (Lipinski definition) is 2. The van der Waals surface area contributed by atoms with Crippen LogP contribution in [0.15, 0.2) is 29.2 Å². The Bertz CT molecular complexity index is 858. The summed E-state index contributed by atoms with van der Waals surface area (Å²) in [5.74, 6) is -0.892. The van der Waals surface area contributed by atoms with Gasteiger partial charge >= 0.3 is 0 Å². The molecule has 0 spiro atoms. The fourth-order valence-electron chi connectivity index (χ4n) is 2.01. The monoisotopic (exact) mass is 400 g/mol. The number of aromatic nitrogens is 2. The van der Waals surface area contributed by atoms with Crippen molar-refractivity contribution in [2.75, 3.05) is 11.9 Å². The number of halogens is 1. The summed E-state index contributed by atoms with van der Waals surface area (Å²) in [5.41, 5.74) is 0.0689. The van der Waals surface area contributed by atoms with Crippen molar-refractivity contribution < 1.29 is 17.6 Å². The number of nitrogens with one attached hydrogen (secondary N) is 2. The Kier molecular flexibility index (Phi) is 6.43. The lowest BCUT2D eigenvalue weighted by molar-refractivity contribution is -0.116. The number of amides is 1. The van der Waals surface area contributed by atoms with Crippen molar-refractivity contribution >= 4 is 32.4 Å². The molecule has 2 N–H and O–H groups in total. The summed E-state index contributed by atoms with van der Waals surface area (Å²) in [6.07, 6.45) is 0.687. The summed E-state index contributed by atoms with van der Waals surface area (Å²) >= 11 is 1.30. The largest absolute Gasteiger partial charge is 0.300 e. The van der Waals surface area contributed by atoms with Crippen LogP contribution in [0, 0.1) is 11.2 Å². The zero-order valence-corrected chi connectivity index (χ0v) is 16.4. The highest BCUT2D eigenvalue weighted by Gasteiger charge is 2.17. The molecule has 7 nitrogen and oxygen atoms in total. The maximum Gasteiger partial charge on any atom is 0.240 e. The van der Waals surface area contributed by atoms with Gasteiger partial charge in [0.15, 0.2) is 0 Å². The second-order valence-electron chi connectivity index (χ2n) is 6.89. The van der Waals surface area contributed by atoms with Crippen LogP contribution in [0.3, 0.4) is 0 Å². The third-order valence-corrected chi connectivity index (χ3v) is 5.48. The average molecular weight is 401 g/mol. The van der Waals surface area contributed by atoms with Crippen LogP contribution in [0.2, 0.25) is 0 Å². The zero-order valence-electron chi connectivity index (χ0n) is 14.7. The number of hydrogen-bond acceptors (Lipinski definition) is 6. The highest BCUT2D eigenvalue weighted by atomic mass is 32.2. The van der Waals surface area contributed by atoms with Crippen molar-refractivity contribution in [3.8, 4) is 0 Å². The zero-order chi connectivity index (χ0) is 19.4. The second-order valence-corrected chi connectivity index (χ2v) is 9.72. The molecule has 2 rings (SSSR count). The molecular weight excluding hydrogens is 379 g/mol. The third-order valence-electron chi connectivity index (χ3n) is 3.16. The van der Waals surface area contributed by atoms with Gasteiger partial charge in [-0.3, -0.25) is 4.79 Å². The Morgan fingerprint density at radius 3 is 2.46 bits per heavy atom. The van der Waals surface area contributed by atoms with E-state index in [1.165, 1.54) is 11.3 Å². The van der Waals surface area contributed by atoms with Crippen LogP contribution in [-0.4, -0.2) is 31.1 Å². The van der Waals surface area contributed by atoms with Crippen LogP contribution in [0.1, 0.15) is 32.2 Å². The first kappa shape index (κ1) is 20.4. The molecule has 0 aliphatic heterocycles. The molecule has 0 bridgehead atoms. The molecule has 0 saturated carbocycles. The highest BCUT2D eigenvalue weighted by Crippen LogP contribution is 2.24. The maximum atomic E-state index is 12.9. The number of carbonyl (C=O) groups is 1. The minimum Gasteiger partial charge on any atom is -0.300 e. The first-order chi connectivity index (χ1) is 12.0. The number of nitrogens with zero attached hydrogens (tertiary/aromatic N) is 2. The van der Waals surface area contributed by atoms with Crippen LogP contribution in [0.5, 0.6) is 0 Å². The van der Waals surface area contributed by atoms with E-state index in [4.69, 9.17) is 0 Å². The molecular formula is C16H21FN4O3S2. The average Bonchev–Trinajstić information content (AvgIpc) is 2.92. The van der Waals surface area contributed by atoms with Gasteiger partial charge in [-0.15, -0.1) is 10.2 Å². The van der Waals surface area contributed by atoms with Crippen molar-refractivity contribution in [1.29, 1.82) is 0 Å². The van der Waals surface area contributed by atoms with Crippen molar-refractivity contribution in [3.05, 3.63) is 35.1 Å². The standard InChI is InChI=1S/C16H21FN4O3S2/c1-16(2,3)10-14-20-21-15(25-14)19-13(22)8-9-18-26(23,24)12-6-4-11(17)5-7-12/h4-7,18H,8-10H2,1-3H3,(H,19,21,22). The molecule has 0 atom stereocenters. The molecule has 0 radical (unpaired) electrons. The maximum absolute atomic E-state index is 12.9. The lowest BCUT2D eigenvalue weighted by Crippen LogP contribution is -2.27. The Labute approximate surface area is 156 Å². The van der Waals surface area contributed by atoms with Crippen molar-refractivity contribution in [3.63, 3.8) is 0 Å². The van der Waals surface area contributed by atoms with E-state index in [1.54, 1.807) is 0 Å². The molecule has 26 heavy (non-hydrogen) atoms. The van der Waals surface area contributed by atoms with Crippen LogP contribution < -0.4 is 10.0 Å². The van der Waals surface area contributed by atoms with E-state index in [0.717, 1.165) is 35.7 Å². The predicted octanol–water partition coefficient (Wildman–Crippen LogP) is 2.57. The number of anilines is 1. The lowest BCUT2D eigenvalue weighted by Gasteiger charge is -2.14. The minimum atomic E-state index is -3.78. The number of benzene rings is 1. The van der Waals surface area contributed by atoms with Gasteiger partial charge in [0.2, 0.25) is 21.1 Å². The second kappa shape index (κ2) is 8.19. The van der Waals surface area contributed by atoms with E-state index in [1.807, 2.05) is 0 Å². The van der Waals surface area contributed by atoms with Gasteiger partial charge in [-0.2, -0.15) is 0 Å². The topological polar surface area (TPSA) is 101 Å². The molecule has 10 heteroatoms. The van der Waals surface area contributed by atoms with Gasteiger partial charge in [0.25, 0.3) is 0 Å². The van der Waals surface area contributed by atoms with E-state index in [0.29, 0.717) is 5.13 Å². The molecule has 1 amide bonds. The third kappa shape index (κ3) is 6.43. The smallest absolute Gasteiger partial charge is 0.240 e. The molecule has 0 fully saturated rings. The van der Waals surface area contributed by atoms with Crippen LogP contribution in [0.4, 0.5) is 9.52 Å². The molecule has 1 aromatic carbocycles. The van der Waals surface area contributed by atoms with Crippen molar-refractivity contribution in [2.24, 2.45) is 5.41 Å². The summed E-state index contributed by atoms with van der Waals surface area (Å²) in [6.45, 7) is 6.17. The number of rotatable bonds is 7. The fourth-order valence-corrected chi connectivity index (χ4v) is 4.10. The molecule has 1 heterocycles. The molecule has 0 unspecified atom stereocenters. The summed E-state index contributed by atoms with van der Waals surface area (Å²) in [5, 5.41) is 11.8. The Morgan fingerprint density at radius 2 is 1.85 bits per heavy atom. The van der Waals surface area contributed by atoms with Gasteiger partial charge in [-0.25, -0.2) is 17.5 Å². The van der Waals surface area contributed by atoms with Gasteiger partial charge in [-0.1, -0.05) is 32.1 Å². The highest BCUT2D eigenvalue weighted by molar-refractivity contribution is 7.89. The SMILES string of the molecule is CC(C)(C)Cc1nnc(NC(=O)CCNS(=O)(=O)c2ccc(F)cc2)s1. The molecule has 142 valence electrons. The van der Waals surface area contributed by atoms with Gasteiger partial charge in [0.05, 0.1) is 4.90 Å². The van der Waals surface area contributed by atoms with E-state index >= 15 is 0 Å². The first-order valence-corrected chi connectivity index (χ1v) is 10.2. The molecule has 0 aliphatic carbocycles. The summed E-state index contributed by atoms with van der Waals surface area (Å²) in [4.78, 5) is 11.9. The molecule has 1 aromatic heterocycles. The molecule has 2 aromatic rings. The van der Waals surface area contributed by atoms with E-state index in [2.05, 4.69) is 41.0 Å². The van der Waals surface area contributed by atoms with Gasteiger partial charge in [0.1, 0.15) is 10.8 Å². The lowest BCUT2D eigenvalue weighted by atomic mass is 9.93. The van der Waals surface area contributed by atoms with Crippen LogP contribution in [0.25, 0.3) is 0 Å². The minimum absolute atomic E-state index is 0.0600. The summed E-state index contributed by atoms with van der Waals surface area (Å²) < 4.78 is 39.2. The Balaban J connectivity index is 1.83. The Morgan fingerprint density at radius 1 is 1.19 bits per heavy atom. The van der Waals surface area contributed by atoms with Gasteiger partial charge in [0, 0.05) is 19.4 Å². The predicted molar refractivity (Wildman–Crippen MR) is 97.9 cm³/mol. The number of sulfonamides is 1. The van der Waals surface area contributed by atoms with Gasteiger partial charge in [-0.05, 0) is 29.7 Å². The summed E-state index contributed by atoms with van der Waals surface area (Å²) in [7, 11) is -3.78. The van der Waals surface area contributed by atoms with E-state index < -0.39 is 15.8 Å². The summed E-state index contributed by atoms with van der Waals surface area (Å²) in [6, 6.07) is 4.45. The van der Waals surface area contributed by atoms with Crippen molar-refractivity contribution in [1.82, 2.24) is 14.9 Å². The fraction of sp³-hybridized carbons (Fsp3) is 0.438. The van der Waals surface area contributed by atoms with Crippen LogP contribution >= 0.6 is 11.3 Å². The van der Waals surface area contributed by atoms with Crippen molar-refractivity contribution in [2.45, 2.75) is 38.5 Å². The Hall–Kier alpha value is -1.91. The number of carbonyl (C=O) groups excluding carboxylic acids is 1. The molecule has 0 saturated heterocycles. The molecule has 0 aliphatic rings. The van der Waals surface area contributed by atoms with Gasteiger partial charge < -0.3 is 5.32 Å². The first-order valence-electron chi connectivity index (χ1n) is 7.93. The quantitative estimate of drug-likeness (QED) is 0.744. The van der Waals surface area contributed by atoms with E-state index in [-0.39, 0.29) is 29.2 Å².